The van der Waals surface area contributed by atoms with Crippen molar-refractivity contribution >= 4 is 11.9 Å². The Bertz CT molecular complexity index is 567. The molecule has 0 aromatic heterocycles. The minimum Gasteiger partial charge on any atom is -0.481 e. The van der Waals surface area contributed by atoms with Crippen LogP contribution in [0.1, 0.15) is 23.6 Å². The second kappa shape index (κ2) is 6.24. The van der Waals surface area contributed by atoms with E-state index in [0.717, 1.165) is 12.1 Å². The molecule has 122 valence electrons. The Kier molecular flexibility index (Phi) is 5.05. The molecule has 0 spiro atoms. The number of halogens is 6. The fourth-order valence-corrected chi connectivity index (χ4v) is 1.60. The Balaban J connectivity index is 3.12. The van der Waals surface area contributed by atoms with E-state index in [1.54, 1.807) is 0 Å². The first-order chi connectivity index (χ1) is 9.91. The maximum atomic E-state index is 12.6. The third-order valence-corrected chi connectivity index (χ3v) is 2.56. The highest BCUT2D eigenvalue weighted by Crippen LogP contribution is 2.31. The summed E-state index contributed by atoms with van der Waals surface area (Å²) < 4.78 is 74.3. The molecule has 0 saturated carbocycles. The van der Waals surface area contributed by atoms with Gasteiger partial charge in [-0.2, -0.15) is 26.3 Å². The van der Waals surface area contributed by atoms with Crippen LogP contribution < -0.4 is 5.32 Å². The van der Waals surface area contributed by atoms with Crippen molar-refractivity contribution < 1.29 is 41.0 Å². The largest absolute Gasteiger partial charge is 0.481 e. The Labute approximate surface area is 119 Å². The van der Waals surface area contributed by atoms with Crippen molar-refractivity contribution in [1.82, 2.24) is 5.32 Å². The van der Waals surface area contributed by atoms with E-state index in [-0.39, 0.29) is 0 Å². The highest BCUT2D eigenvalue weighted by molar-refractivity contribution is 5.82. The number of carbonyl (C=O) groups excluding carboxylic acids is 1. The summed E-state index contributed by atoms with van der Waals surface area (Å²) in [5.41, 5.74) is -1.56. The lowest BCUT2D eigenvalue weighted by Crippen LogP contribution is -2.39. The molecule has 1 aromatic carbocycles. The van der Waals surface area contributed by atoms with E-state index in [1.165, 1.54) is 5.32 Å². The van der Waals surface area contributed by atoms with Crippen LogP contribution in [0.25, 0.3) is 0 Å². The van der Waals surface area contributed by atoms with E-state index >= 15 is 0 Å². The zero-order chi connectivity index (χ0) is 17.1. The normalized spacial score (nSPS) is 13.5. The minimum atomic E-state index is -5.28. The van der Waals surface area contributed by atoms with E-state index in [0.29, 0.717) is 12.1 Å². The van der Waals surface area contributed by atoms with Crippen molar-refractivity contribution in [3.8, 4) is 0 Å². The molecule has 0 saturated heterocycles. The van der Waals surface area contributed by atoms with Crippen LogP contribution in [-0.2, 0) is 15.8 Å². The summed E-state index contributed by atoms with van der Waals surface area (Å²) in [7, 11) is 0. The molecule has 2 N–H and O–H groups in total. The number of rotatable bonds is 4. The van der Waals surface area contributed by atoms with Crippen LogP contribution in [0.15, 0.2) is 24.3 Å². The molecule has 0 aliphatic heterocycles. The number of benzene rings is 1. The number of carboxylic acid groups (broad SMARTS) is 1. The molecule has 4 nitrogen and oxygen atoms in total. The molecule has 0 aliphatic carbocycles. The van der Waals surface area contributed by atoms with Crippen LogP contribution in [-0.4, -0.2) is 23.2 Å². The van der Waals surface area contributed by atoms with Crippen LogP contribution in [0.2, 0.25) is 0 Å². The van der Waals surface area contributed by atoms with Crippen LogP contribution in [0.4, 0.5) is 26.3 Å². The van der Waals surface area contributed by atoms with Gasteiger partial charge in [-0.25, -0.2) is 0 Å². The zero-order valence-electron chi connectivity index (χ0n) is 10.6. The fraction of sp³-hybridized carbons (Fsp3) is 0.333. The number of hydrogen-bond acceptors (Lipinski definition) is 2. The number of amides is 1. The molecule has 22 heavy (non-hydrogen) atoms. The first kappa shape index (κ1) is 17.8. The summed E-state index contributed by atoms with van der Waals surface area (Å²) in [6.07, 6.45) is -11.0. The average molecular weight is 329 g/mol. The van der Waals surface area contributed by atoms with E-state index in [9.17, 15) is 35.9 Å². The van der Waals surface area contributed by atoms with Gasteiger partial charge in [0.05, 0.1) is 18.0 Å². The third-order valence-electron chi connectivity index (χ3n) is 2.56. The van der Waals surface area contributed by atoms with Crippen LogP contribution in [0, 0.1) is 0 Å². The van der Waals surface area contributed by atoms with Crippen molar-refractivity contribution in [2.45, 2.75) is 24.8 Å². The molecule has 0 radical (unpaired) electrons. The molecule has 0 bridgehead atoms. The topological polar surface area (TPSA) is 66.4 Å². The summed E-state index contributed by atoms with van der Waals surface area (Å²) in [5, 5.41) is 10.0. The first-order valence-corrected chi connectivity index (χ1v) is 5.68. The standard InChI is InChI=1S/C12H9F6NO3/c13-11(14,15)7-3-1-2-6(4-7)8(5-9(20)21)19-10(22)12(16,17)18/h1-4,8H,5H2,(H,19,22)(H,20,21)/t8-/m1/s1. The maximum absolute atomic E-state index is 12.6. The van der Waals surface area contributed by atoms with Crippen molar-refractivity contribution in [2.75, 3.05) is 0 Å². The summed E-state index contributed by atoms with van der Waals surface area (Å²) in [6, 6.07) is 1.33. The number of aliphatic carboxylic acids is 1. The Morgan fingerprint density at radius 2 is 1.73 bits per heavy atom. The lowest BCUT2D eigenvalue weighted by atomic mass is 10.0. The first-order valence-electron chi connectivity index (χ1n) is 5.68. The van der Waals surface area contributed by atoms with Gasteiger partial charge in [0.25, 0.3) is 0 Å². The molecule has 1 amide bonds. The van der Waals surface area contributed by atoms with Crippen molar-refractivity contribution in [3.63, 3.8) is 0 Å². The smallest absolute Gasteiger partial charge is 0.471 e. The quantitative estimate of drug-likeness (QED) is 0.835. The van der Waals surface area contributed by atoms with Gasteiger partial charge in [0.1, 0.15) is 0 Å². The van der Waals surface area contributed by atoms with Crippen molar-refractivity contribution in [1.29, 1.82) is 0 Å². The van der Waals surface area contributed by atoms with Crippen molar-refractivity contribution in [2.24, 2.45) is 0 Å². The molecule has 1 atom stereocenters. The van der Waals surface area contributed by atoms with Crippen LogP contribution in [0.5, 0.6) is 0 Å². The molecule has 0 fully saturated rings. The minimum absolute atomic E-state index is 0.394. The van der Waals surface area contributed by atoms with E-state index < -0.39 is 47.8 Å². The summed E-state index contributed by atoms with van der Waals surface area (Å²) in [4.78, 5) is 21.5. The predicted octanol–water partition coefficient (Wildman–Crippen LogP) is 2.90. The van der Waals surface area contributed by atoms with E-state index in [1.807, 2.05) is 0 Å². The van der Waals surface area contributed by atoms with Gasteiger partial charge in [-0.3, -0.25) is 9.59 Å². The van der Waals surface area contributed by atoms with Gasteiger partial charge in [0.2, 0.25) is 0 Å². The number of carbonyl (C=O) groups is 2. The highest BCUT2D eigenvalue weighted by atomic mass is 19.4. The SMILES string of the molecule is O=C(O)C[C@@H](NC(=O)C(F)(F)F)c1cccc(C(F)(F)F)c1. The molecule has 0 aliphatic rings. The van der Waals surface area contributed by atoms with Gasteiger partial charge in [0, 0.05) is 0 Å². The monoisotopic (exact) mass is 329 g/mol. The maximum Gasteiger partial charge on any atom is 0.471 e. The summed E-state index contributed by atoms with van der Waals surface area (Å²) in [6.45, 7) is 0. The van der Waals surface area contributed by atoms with Gasteiger partial charge in [-0.05, 0) is 17.7 Å². The van der Waals surface area contributed by atoms with E-state index in [2.05, 4.69) is 0 Å². The molecule has 10 heteroatoms. The summed E-state index contributed by atoms with van der Waals surface area (Å²) in [5.74, 6) is -4.01. The van der Waals surface area contributed by atoms with Gasteiger partial charge in [0.15, 0.2) is 0 Å². The molecular weight excluding hydrogens is 320 g/mol. The molecule has 1 aromatic rings. The molecule has 0 heterocycles. The third kappa shape index (κ3) is 4.93. The second-order valence-corrected chi connectivity index (χ2v) is 4.24. The Morgan fingerprint density at radius 3 is 2.18 bits per heavy atom. The van der Waals surface area contributed by atoms with Gasteiger partial charge in [-0.15, -0.1) is 0 Å². The lowest BCUT2D eigenvalue weighted by molar-refractivity contribution is -0.174. The number of hydrogen-bond donors (Lipinski definition) is 2. The van der Waals surface area contributed by atoms with Crippen LogP contribution in [0.3, 0.4) is 0 Å². The average Bonchev–Trinajstić information content (AvgIpc) is 2.35. The zero-order valence-corrected chi connectivity index (χ0v) is 10.6. The fourth-order valence-electron chi connectivity index (χ4n) is 1.60. The van der Waals surface area contributed by atoms with Gasteiger partial charge >= 0.3 is 24.2 Å². The Hall–Kier alpha value is -2.26. The van der Waals surface area contributed by atoms with Gasteiger partial charge in [-0.1, -0.05) is 12.1 Å². The molecular formula is C12H9F6NO3. The van der Waals surface area contributed by atoms with Gasteiger partial charge < -0.3 is 10.4 Å². The van der Waals surface area contributed by atoms with Crippen molar-refractivity contribution in [3.05, 3.63) is 35.4 Å². The second-order valence-electron chi connectivity index (χ2n) is 4.24. The highest BCUT2D eigenvalue weighted by Gasteiger charge is 2.40. The number of nitrogens with one attached hydrogen (secondary N) is 1. The lowest BCUT2D eigenvalue weighted by Gasteiger charge is -2.19. The Morgan fingerprint density at radius 1 is 1.14 bits per heavy atom. The number of alkyl halides is 6. The molecule has 0 unspecified atom stereocenters. The summed E-state index contributed by atoms with van der Waals surface area (Å²) >= 11 is 0. The van der Waals surface area contributed by atoms with E-state index in [4.69, 9.17) is 5.11 Å². The molecule has 1 rings (SSSR count). The van der Waals surface area contributed by atoms with Crippen LogP contribution >= 0.6 is 0 Å². The predicted molar refractivity (Wildman–Crippen MR) is 60.6 cm³/mol. The number of carboxylic acids is 1.